The fraction of sp³-hybridized carbons (Fsp3) is 0.250. The van der Waals surface area contributed by atoms with Gasteiger partial charge in [0.15, 0.2) is 5.78 Å². The number of carbonyl (C=O) groups excluding carboxylic acids is 3. The third-order valence-electron chi connectivity index (χ3n) is 5.69. The van der Waals surface area contributed by atoms with Crippen LogP contribution in [0.4, 0.5) is 4.39 Å². The van der Waals surface area contributed by atoms with Crippen LogP contribution in [0.5, 0.6) is 5.75 Å². The number of hydrogen-bond acceptors (Lipinski definition) is 4. The Kier molecular flexibility index (Phi) is 6.11. The quantitative estimate of drug-likeness (QED) is 0.255. The maximum absolute atomic E-state index is 13.5. The van der Waals surface area contributed by atoms with E-state index < -0.39 is 35.3 Å². The summed E-state index contributed by atoms with van der Waals surface area (Å²) in [4.78, 5) is 43.6. The van der Waals surface area contributed by atoms with E-state index in [1.54, 1.807) is 36.8 Å². The van der Waals surface area contributed by atoms with Gasteiger partial charge in [-0.05, 0) is 42.0 Å². The van der Waals surface area contributed by atoms with Gasteiger partial charge in [-0.3, -0.25) is 19.4 Å². The smallest absolute Gasteiger partial charge is 0.291 e. The molecular formula is C24H23FN3O4+. The fourth-order valence-corrected chi connectivity index (χ4v) is 4.08. The molecule has 3 aromatic rings. The highest BCUT2D eigenvalue weighted by molar-refractivity contribution is 6.44. The Balaban J connectivity index is 1.64. The number of aryl methyl sites for hydroxylation is 1. The van der Waals surface area contributed by atoms with Gasteiger partial charge in [-0.15, -0.1) is 0 Å². The topological polar surface area (TPSA) is 83.3 Å². The number of halogens is 1. The predicted molar refractivity (Wildman–Crippen MR) is 112 cm³/mol. The number of amides is 1. The van der Waals surface area contributed by atoms with E-state index in [0.29, 0.717) is 29.8 Å². The lowest BCUT2D eigenvalue weighted by atomic mass is 9.86. The van der Waals surface area contributed by atoms with Crippen molar-refractivity contribution in [1.29, 1.82) is 0 Å². The summed E-state index contributed by atoms with van der Waals surface area (Å²) in [7, 11) is 1.52. The molecule has 0 spiro atoms. The Morgan fingerprint density at radius 3 is 2.47 bits per heavy atom. The van der Waals surface area contributed by atoms with Crippen molar-refractivity contribution in [2.45, 2.75) is 19.0 Å². The number of imidazole rings is 1. The van der Waals surface area contributed by atoms with Gasteiger partial charge in [0.1, 0.15) is 29.9 Å². The maximum Gasteiger partial charge on any atom is 0.291 e. The van der Waals surface area contributed by atoms with Crippen LogP contribution in [0.2, 0.25) is 0 Å². The van der Waals surface area contributed by atoms with Crippen molar-refractivity contribution in [3.05, 3.63) is 84.2 Å². The summed E-state index contributed by atoms with van der Waals surface area (Å²) in [6.07, 6.45) is 6.03. The number of methoxy groups -OCH3 is 1. The SMILES string of the molecule is COc1ccc(C(=O)C2C(=O)C(=O)N(CCC[n+]3cc[nH]c3)C2c2ccc(F)cc2)cc1. The van der Waals surface area contributed by atoms with Crippen molar-refractivity contribution in [2.75, 3.05) is 13.7 Å². The average molecular weight is 436 g/mol. The van der Waals surface area contributed by atoms with E-state index in [1.807, 2.05) is 10.8 Å². The molecule has 2 atom stereocenters. The molecule has 0 bridgehead atoms. The summed E-state index contributed by atoms with van der Waals surface area (Å²) < 4.78 is 20.6. The third kappa shape index (κ3) is 4.16. The first-order chi connectivity index (χ1) is 15.5. The Morgan fingerprint density at radius 2 is 1.84 bits per heavy atom. The van der Waals surface area contributed by atoms with Gasteiger partial charge >= 0.3 is 0 Å². The number of benzene rings is 2. The molecule has 0 aliphatic carbocycles. The van der Waals surface area contributed by atoms with Crippen LogP contribution >= 0.6 is 0 Å². The Labute approximate surface area is 184 Å². The fourth-order valence-electron chi connectivity index (χ4n) is 4.08. The third-order valence-corrected chi connectivity index (χ3v) is 5.69. The van der Waals surface area contributed by atoms with Gasteiger partial charge < -0.3 is 9.64 Å². The zero-order chi connectivity index (χ0) is 22.7. The Bertz CT molecular complexity index is 1110. The van der Waals surface area contributed by atoms with Gasteiger partial charge in [0.2, 0.25) is 12.1 Å². The maximum atomic E-state index is 13.5. The molecule has 1 N–H and O–H groups in total. The molecule has 32 heavy (non-hydrogen) atoms. The van der Waals surface area contributed by atoms with Gasteiger partial charge in [0.25, 0.3) is 5.91 Å². The first kappa shape index (κ1) is 21.4. The van der Waals surface area contributed by atoms with Crippen LogP contribution in [-0.2, 0) is 16.1 Å². The molecule has 1 saturated heterocycles. The molecule has 8 heteroatoms. The minimum absolute atomic E-state index is 0.289. The van der Waals surface area contributed by atoms with E-state index in [-0.39, 0.29) is 6.54 Å². The number of nitrogens with one attached hydrogen (secondary N) is 1. The zero-order valence-electron chi connectivity index (χ0n) is 17.5. The minimum atomic E-state index is -1.19. The van der Waals surface area contributed by atoms with E-state index in [2.05, 4.69) is 4.98 Å². The molecule has 1 aliphatic rings. The Hall–Kier alpha value is -3.81. The van der Waals surface area contributed by atoms with Gasteiger partial charge in [-0.1, -0.05) is 12.1 Å². The number of rotatable bonds is 8. The summed E-state index contributed by atoms with van der Waals surface area (Å²) in [6, 6.07) is 11.2. The second-order valence-corrected chi connectivity index (χ2v) is 7.63. The summed E-state index contributed by atoms with van der Waals surface area (Å²) in [5.74, 6) is -2.92. The molecule has 1 amide bonds. The number of hydrogen-bond donors (Lipinski definition) is 1. The van der Waals surface area contributed by atoms with Gasteiger partial charge in [-0.2, -0.15) is 0 Å². The molecule has 164 valence electrons. The molecular weight excluding hydrogens is 413 g/mol. The van der Waals surface area contributed by atoms with E-state index in [9.17, 15) is 18.8 Å². The number of aromatic amines is 1. The number of ether oxygens (including phenoxy) is 1. The van der Waals surface area contributed by atoms with Crippen LogP contribution in [0.15, 0.2) is 67.3 Å². The van der Waals surface area contributed by atoms with Crippen molar-refractivity contribution >= 4 is 17.5 Å². The molecule has 2 heterocycles. The zero-order valence-corrected chi connectivity index (χ0v) is 17.5. The Morgan fingerprint density at radius 1 is 1.12 bits per heavy atom. The minimum Gasteiger partial charge on any atom is -0.497 e. The van der Waals surface area contributed by atoms with Crippen LogP contribution < -0.4 is 9.30 Å². The molecule has 1 aromatic heterocycles. The summed E-state index contributed by atoms with van der Waals surface area (Å²) in [5, 5.41) is 0. The molecule has 7 nitrogen and oxygen atoms in total. The first-order valence-corrected chi connectivity index (χ1v) is 10.3. The summed E-state index contributed by atoms with van der Waals surface area (Å²) in [5.41, 5.74) is 0.862. The molecule has 1 aliphatic heterocycles. The van der Waals surface area contributed by atoms with Crippen molar-refractivity contribution in [3.63, 3.8) is 0 Å². The first-order valence-electron chi connectivity index (χ1n) is 10.3. The number of aromatic nitrogens is 2. The second kappa shape index (κ2) is 9.13. The lowest BCUT2D eigenvalue weighted by Gasteiger charge is -2.27. The van der Waals surface area contributed by atoms with E-state index in [0.717, 1.165) is 0 Å². The molecule has 2 unspecified atom stereocenters. The highest BCUT2D eigenvalue weighted by atomic mass is 19.1. The number of ketones is 2. The summed E-state index contributed by atoms with van der Waals surface area (Å²) >= 11 is 0. The molecule has 4 rings (SSSR count). The molecule has 2 aromatic carbocycles. The van der Waals surface area contributed by atoms with Crippen LogP contribution in [-0.4, -0.2) is 41.0 Å². The number of H-pyrrole nitrogens is 1. The van der Waals surface area contributed by atoms with Crippen molar-refractivity contribution in [3.8, 4) is 5.75 Å². The van der Waals surface area contributed by atoms with E-state index >= 15 is 0 Å². The predicted octanol–water partition coefficient (Wildman–Crippen LogP) is 2.49. The van der Waals surface area contributed by atoms with Crippen LogP contribution in [0, 0.1) is 11.7 Å². The van der Waals surface area contributed by atoms with Gasteiger partial charge in [-0.25, -0.2) is 8.96 Å². The number of Topliss-reactive ketones (excluding diaryl/α,β-unsaturated/α-hetero) is 2. The van der Waals surface area contributed by atoms with Crippen LogP contribution in [0.1, 0.15) is 28.4 Å². The van der Waals surface area contributed by atoms with Crippen molar-refractivity contribution < 1.29 is 28.1 Å². The lowest BCUT2D eigenvalue weighted by Crippen LogP contribution is -2.36. The molecule has 0 saturated carbocycles. The number of carbonyl (C=O) groups is 3. The highest BCUT2D eigenvalue weighted by Crippen LogP contribution is 2.38. The van der Waals surface area contributed by atoms with Gasteiger partial charge in [0.05, 0.1) is 19.7 Å². The van der Waals surface area contributed by atoms with Crippen molar-refractivity contribution in [2.24, 2.45) is 5.92 Å². The van der Waals surface area contributed by atoms with E-state index in [1.165, 1.54) is 36.3 Å². The monoisotopic (exact) mass is 436 g/mol. The largest absolute Gasteiger partial charge is 0.497 e. The normalized spacial score (nSPS) is 18.2. The van der Waals surface area contributed by atoms with Crippen LogP contribution in [0.3, 0.4) is 0 Å². The average Bonchev–Trinajstić information content (AvgIpc) is 3.41. The van der Waals surface area contributed by atoms with Crippen molar-refractivity contribution in [1.82, 2.24) is 9.88 Å². The standard InChI is InChI=1S/C24H22FN3O4/c1-32-19-9-5-17(6-10-19)22(29)20-21(16-3-7-18(25)8-4-16)28(24(31)23(20)30)13-2-12-27-14-11-26-15-27/h3-11,14-15,20-21H,2,12-13H2,1H3/p+1. The summed E-state index contributed by atoms with van der Waals surface area (Å²) in [6.45, 7) is 0.923. The number of likely N-dealkylation sites (tertiary alicyclic amines) is 1. The van der Waals surface area contributed by atoms with E-state index in [4.69, 9.17) is 4.74 Å². The van der Waals surface area contributed by atoms with Gasteiger partial charge in [0, 0.05) is 18.5 Å². The molecule has 0 radical (unpaired) electrons. The highest BCUT2D eigenvalue weighted by Gasteiger charge is 2.51. The number of nitrogens with zero attached hydrogens (tertiary/aromatic N) is 2. The lowest BCUT2D eigenvalue weighted by molar-refractivity contribution is -0.695. The van der Waals surface area contributed by atoms with Crippen LogP contribution in [0.25, 0.3) is 0 Å². The molecule has 1 fully saturated rings. The second-order valence-electron chi connectivity index (χ2n) is 7.63.